The summed E-state index contributed by atoms with van der Waals surface area (Å²) >= 11 is 2.12. The van der Waals surface area contributed by atoms with E-state index in [2.05, 4.69) is 32.9 Å². The third-order valence-corrected chi connectivity index (χ3v) is 6.93. The van der Waals surface area contributed by atoms with Crippen LogP contribution in [0.4, 0.5) is 4.39 Å². The smallest absolute Gasteiger partial charge is 0.361 e. The molecule has 0 saturated carbocycles. The summed E-state index contributed by atoms with van der Waals surface area (Å²) in [6.45, 7) is 1.90. The van der Waals surface area contributed by atoms with Gasteiger partial charge in [0.05, 0.1) is 0 Å². The predicted octanol–water partition coefficient (Wildman–Crippen LogP) is 5.45. The van der Waals surface area contributed by atoms with Crippen molar-refractivity contribution in [3.63, 3.8) is 0 Å². The summed E-state index contributed by atoms with van der Waals surface area (Å²) in [6.07, 6.45) is 3.74. The fraction of sp³-hybridized carbons (Fsp3) is 0.250. The molecule has 0 amide bonds. The number of fused-ring (bicyclic) bond motifs is 1. The maximum absolute atomic E-state index is 13.3. The molecule has 6 nitrogen and oxygen atoms in total. The molecule has 2 aromatic carbocycles. The summed E-state index contributed by atoms with van der Waals surface area (Å²) in [5, 5.41) is 4.06. The average molecular weight is 597 g/mol. The minimum Gasteiger partial charge on any atom is -0.484 e. The van der Waals surface area contributed by atoms with E-state index in [1.807, 2.05) is 36.4 Å². The Kier molecular flexibility index (Phi) is 7.72. The lowest BCUT2D eigenvalue weighted by molar-refractivity contribution is 0.0218. The maximum Gasteiger partial charge on any atom is 0.361 e. The zero-order valence-electron chi connectivity index (χ0n) is 19.5. The molecule has 1 aliphatic rings. The van der Waals surface area contributed by atoms with Crippen LogP contribution in [0.3, 0.4) is 0 Å². The topological polar surface area (TPSA) is 73.3 Å². The first kappa shape index (κ1) is 24.6. The van der Waals surface area contributed by atoms with E-state index < -0.39 is 5.97 Å². The first-order chi connectivity index (χ1) is 17.6. The number of nitrogens with one attached hydrogen (secondary N) is 1. The first-order valence-corrected chi connectivity index (χ1v) is 13.0. The highest BCUT2D eigenvalue weighted by Crippen LogP contribution is 2.32. The Bertz CT molecular complexity index is 1360. The van der Waals surface area contributed by atoms with Crippen LogP contribution < -0.4 is 10.1 Å². The molecule has 1 saturated heterocycles. The van der Waals surface area contributed by atoms with Crippen LogP contribution in [-0.2, 0) is 17.8 Å². The van der Waals surface area contributed by atoms with Crippen LogP contribution in [0.5, 0.6) is 5.75 Å². The van der Waals surface area contributed by atoms with Crippen LogP contribution in [-0.4, -0.2) is 35.1 Å². The number of carbonyl (C=O) groups is 1. The predicted molar refractivity (Wildman–Crippen MR) is 144 cm³/mol. The van der Waals surface area contributed by atoms with Crippen molar-refractivity contribution in [3.8, 4) is 5.75 Å². The van der Waals surface area contributed by atoms with Crippen molar-refractivity contribution in [1.29, 1.82) is 0 Å². The highest BCUT2D eigenvalue weighted by atomic mass is 127. The normalized spacial score (nSPS) is 14.1. The molecule has 36 heavy (non-hydrogen) atoms. The number of ether oxygens (including phenoxy) is 2. The van der Waals surface area contributed by atoms with Gasteiger partial charge in [-0.3, -0.25) is 4.98 Å². The van der Waals surface area contributed by atoms with Crippen LogP contribution in [0, 0.1) is 9.52 Å². The lowest BCUT2D eigenvalue weighted by atomic mass is 10.0. The van der Waals surface area contributed by atoms with Crippen molar-refractivity contribution in [3.05, 3.63) is 98.8 Å². The number of esters is 1. The van der Waals surface area contributed by atoms with Crippen molar-refractivity contribution < 1.29 is 18.7 Å². The van der Waals surface area contributed by atoms with Crippen LogP contribution >= 0.6 is 22.6 Å². The van der Waals surface area contributed by atoms with Gasteiger partial charge >= 0.3 is 5.97 Å². The Balaban J connectivity index is 1.50. The number of hydrogen-bond donors (Lipinski definition) is 1. The van der Waals surface area contributed by atoms with Gasteiger partial charge in [-0.15, -0.1) is 0 Å². The van der Waals surface area contributed by atoms with E-state index >= 15 is 0 Å². The zero-order valence-corrected chi connectivity index (χ0v) is 21.7. The second-order valence-electron chi connectivity index (χ2n) is 8.75. The van der Waals surface area contributed by atoms with Gasteiger partial charge in [-0.25, -0.2) is 14.2 Å². The van der Waals surface area contributed by atoms with Gasteiger partial charge in [0, 0.05) is 11.6 Å². The van der Waals surface area contributed by atoms with Gasteiger partial charge in [-0.1, -0.05) is 42.5 Å². The molecule has 2 aromatic heterocycles. The summed E-state index contributed by atoms with van der Waals surface area (Å²) in [7, 11) is 0. The number of rotatable bonds is 7. The second-order valence-corrected chi connectivity index (χ2v) is 9.77. The molecule has 0 spiro atoms. The third-order valence-electron chi connectivity index (χ3n) is 6.11. The van der Waals surface area contributed by atoms with E-state index in [9.17, 15) is 9.18 Å². The summed E-state index contributed by atoms with van der Waals surface area (Å²) in [6, 6.07) is 18.2. The molecule has 0 aliphatic carbocycles. The lowest BCUT2D eigenvalue weighted by Crippen LogP contribution is -2.34. The molecule has 1 N–H and O–H groups in total. The van der Waals surface area contributed by atoms with Crippen molar-refractivity contribution in [2.24, 2.45) is 0 Å². The Morgan fingerprint density at radius 1 is 1.03 bits per heavy atom. The van der Waals surface area contributed by atoms with Gasteiger partial charge in [0.1, 0.15) is 27.7 Å². The highest BCUT2D eigenvalue weighted by Gasteiger charge is 2.26. The number of hydrogen-bond acceptors (Lipinski definition) is 6. The van der Waals surface area contributed by atoms with Crippen LogP contribution in [0.1, 0.15) is 40.0 Å². The Morgan fingerprint density at radius 2 is 1.78 bits per heavy atom. The summed E-state index contributed by atoms with van der Waals surface area (Å²) in [5.74, 6) is -0.443. The number of piperidine rings is 1. The van der Waals surface area contributed by atoms with E-state index in [1.165, 1.54) is 12.1 Å². The van der Waals surface area contributed by atoms with Crippen LogP contribution in [0.15, 0.2) is 66.9 Å². The molecule has 0 unspecified atom stereocenters. The van der Waals surface area contributed by atoms with Crippen molar-refractivity contribution in [1.82, 2.24) is 15.3 Å². The molecular formula is C28H25FIN3O3. The largest absolute Gasteiger partial charge is 0.484 e. The molecular weight excluding hydrogens is 572 g/mol. The minimum atomic E-state index is -0.498. The van der Waals surface area contributed by atoms with Gasteiger partial charge in [0.2, 0.25) is 0 Å². The van der Waals surface area contributed by atoms with E-state index in [0.29, 0.717) is 21.4 Å². The molecule has 8 heteroatoms. The van der Waals surface area contributed by atoms with Gasteiger partial charge in [0.15, 0.2) is 11.4 Å². The molecule has 4 aromatic rings. The van der Waals surface area contributed by atoms with Gasteiger partial charge < -0.3 is 14.8 Å². The van der Waals surface area contributed by atoms with Gasteiger partial charge in [-0.05, 0) is 89.8 Å². The summed E-state index contributed by atoms with van der Waals surface area (Å²) in [5.41, 5.74) is 3.59. The fourth-order valence-corrected chi connectivity index (χ4v) is 4.88. The molecule has 0 radical (unpaired) electrons. The third kappa shape index (κ3) is 5.82. The number of benzene rings is 2. The van der Waals surface area contributed by atoms with Crippen molar-refractivity contribution in [2.45, 2.75) is 32.0 Å². The second kappa shape index (κ2) is 11.3. The highest BCUT2D eigenvalue weighted by molar-refractivity contribution is 14.1. The van der Waals surface area contributed by atoms with Gasteiger partial charge in [0.25, 0.3) is 0 Å². The van der Waals surface area contributed by atoms with Crippen molar-refractivity contribution in [2.75, 3.05) is 13.1 Å². The number of aromatic nitrogens is 2. The molecule has 0 bridgehead atoms. The number of nitrogens with zero attached hydrogens (tertiary/aromatic N) is 2. The molecule has 0 atom stereocenters. The molecule has 1 fully saturated rings. The Morgan fingerprint density at radius 3 is 2.53 bits per heavy atom. The first-order valence-electron chi connectivity index (χ1n) is 11.9. The number of pyridine rings is 2. The molecule has 184 valence electrons. The SMILES string of the molecule is O=C(OC1CCNCC1)c1nc(I)c2cc(Cc3ccc(F)cc3)cnc2c1OCc1ccccc1. The Labute approximate surface area is 222 Å². The number of halogens is 2. The molecule has 5 rings (SSSR count). The number of carbonyl (C=O) groups excluding carboxylic acids is 1. The standard InChI is InChI=1S/C28H25FIN3O3/c29-21-8-6-18(7-9-21)14-20-15-23-24(32-16-20)26(35-17-19-4-2-1-3-5-19)25(33-27(23)30)28(34)36-22-10-12-31-13-11-22/h1-9,15-16,22,31H,10-14,17H2. The summed E-state index contributed by atoms with van der Waals surface area (Å²) in [4.78, 5) is 22.5. The monoisotopic (exact) mass is 597 g/mol. The van der Waals surface area contributed by atoms with E-state index in [-0.39, 0.29) is 24.2 Å². The minimum absolute atomic E-state index is 0.139. The van der Waals surface area contributed by atoms with E-state index in [1.54, 1.807) is 18.3 Å². The molecule has 3 heterocycles. The average Bonchev–Trinajstić information content (AvgIpc) is 2.90. The quantitative estimate of drug-likeness (QED) is 0.174. The van der Waals surface area contributed by atoms with Gasteiger partial charge in [-0.2, -0.15) is 0 Å². The summed E-state index contributed by atoms with van der Waals surface area (Å²) < 4.78 is 25.9. The van der Waals surface area contributed by atoms with E-state index in [0.717, 1.165) is 48.0 Å². The van der Waals surface area contributed by atoms with Crippen molar-refractivity contribution >= 4 is 39.5 Å². The fourth-order valence-electron chi connectivity index (χ4n) is 4.23. The lowest BCUT2D eigenvalue weighted by Gasteiger charge is -2.23. The van der Waals surface area contributed by atoms with Crippen LogP contribution in [0.2, 0.25) is 0 Å². The molecule has 1 aliphatic heterocycles. The van der Waals surface area contributed by atoms with Crippen LogP contribution in [0.25, 0.3) is 10.9 Å². The maximum atomic E-state index is 13.3. The van der Waals surface area contributed by atoms with E-state index in [4.69, 9.17) is 14.5 Å². The Hall–Kier alpha value is -3.11. The zero-order chi connectivity index (χ0) is 24.9.